The van der Waals surface area contributed by atoms with Crippen molar-refractivity contribution in [1.82, 2.24) is 0 Å². The van der Waals surface area contributed by atoms with Gasteiger partial charge in [0.2, 0.25) is 6.79 Å². The molecule has 17 heavy (non-hydrogen) atoms. The van der Waals surface area contributed by atoms with Gasteiger partial charge in [0.05, 0.1) is 10.9 Å². The zero-order valence-electron chi connectivity index (χ0n) is 9.62. The topological polar surface area (TPSA) is 55.8 Å². The molecule has 1 heterocycles. The Hall–Kier alpha value is -1.23. The molecule has 0 atom stereocenters. The van der Waals surface area contributed by atoms with Crippen LogP contribution < -0.4 is 9.47 Å². The van der Waals surface area contributed by atoms with Gasteiger partial charge in [-0.15, -0.1) is 0 Å². The van der Waals surface area contributed by atoms with E-state index in [0.29, 0.717) is 11.5 Å². The molecule has 4 nitrogen and oxygen atoms in total. The van der Waals surface area contributed by atoms with Gasteiger partial charge in [-0.2, -0.15) is 0 Å². The normalized spacial score (nSPS) is 13.8. The van der Waals surface area contributed by atoms with E-state index < -0.39 is 11.4 Å². The van der Waals surface area contributed by atoms with E-state index in [9.17, 15) is 4.79 Å². The number of rotatable bonds is 3. The van der Waals surface area contributed by atoms with Crippen molar-refractivity contribution < 1.29 is 19.4 Å². The minimum absolute atomic E-state index is 0.0461. The van der Waals surface area contributed by atoms with Crippen LogP contribution in [0.1, 0.15) is 25.8 Å². The first kappa shape index (κ1) is 12.2. The largest absolute Gasteiger partial charge is 0.481 e. The molecule has 2 rings (SSSR count). The fraction of sp³-hybridized carbons (Fsp3) is 0.417. The molecule has 0 spiro atoms. The van der Waals surface area contributed by atoms with Crippen molar-refractivity contribution in [2.24, 2.45) is 0 Å². The van der Waals surface area contributed by atoms with Crippen LogP contribution in [0.15, 0.2) is 16.6 Å². The van der Waals surface area contributed by atoms with Crippen LogP contribution in [-0.2, 0) is 10.2 Å². The van der Waals surface area contributed by atoms with Crippen LogP contribution in [0.4, 0.5) is 0 Å². The summed E-state index contributed by atoms with van der Waals surface area (Å²) in [6.45, 7) is 3.94. The summed E-state index contributed by atoms with van der Waals surface area (Å²) < 4.78 is 11.6. The first-order valence-electron chi connectivity index (χ1n) is 5.22. The molecule has 0 radical (unpaired) electrons. The molecular weight excluding hydrogens is 288 g/mol. The Morgan fingerprint density at radius 2 is 2.06 bits per heavy atom. The Labute approximate surface area is 108 Å². The number of carbonyl (C=O) groups is 1. The summed E-state index contributed by atoms with van der Waals surface area (Å²) in [4.78, 5) is 10.9. The number of benzene rings is 1. The van der Waals surface area contributed by atoms with Crippen LogP contribution in [0.25, 0.3) is 0 Å². The maximum Gasteiger partial charge on any atom is 0.304 e. The van der Waals surface area contributed by atoms with Crippen LogP contribution in [0.5, 0.6) is 11.5 Å². The van der Waals surface area contributed by atoms with Gasteiger partial charge in [-0.3, -0.25) is 4.79 Å². The molecular formula is C12H13BrO4. The molecule has 0 bridgehead atoms. The molecule has 1 aliphatic rings. The highest BCUT2D eigenvalue weighted by Crippen LogP contribution is 2.46. The van der Waals surface area contributed by atoms with Crippen molar-refractivity contribution in [1.29, 1.82) is 0 Å². The number of carboxylic acids is 1. The van der Waals surface area contributed by atoms with E-state index in [0.717, 1.165) is 10.0 Å². The summed E-state index contributed by atoms with van der Waals surface area (Å²) in [6.07, 6.45) is 0.0461. The highest BCUT2D eigenvalue weighted by molar-refractivity contribution is 9.10. The molecule has 1 aliphatic heterocycles. The third kappa shape index (κ3) is 2.24. The van der Waals surface area contributed by atoms with Crippen LogP contribution in [0.2, 0.25) is 0 Å². The molecule has 92 valence electrons. The summed E-state index contributed by atoms with van der Waals surface area (Å²) in [7, 11) is 0. The van der Waals surface area contributed by atoms with Crippen molar-refractivity contribution in [2.75, 3.05) is 6.79 Å². The van der Waals surface area contributed by atoms with Gasteiger partial charge in [-0.05, 0) is 22.0 Å². The van der Waals surface area contributed by atoms with E-state index in [-0.39, 0.29) is 13.2 Å². The predicted octanol–water partition coefficient (Wildman–Crippen LogP) is 2.93. The van der Waals surface area contributed by atoms with Crippen LogP contribution in [-0.4, -0.2) is 17.9 Å². The van der Waals surface area contributed by atoms with Gasteiger partial charge in [0.25, 0.3) is 0 Å². The second kappa shape index (κ2) is 4.22. The molecule has 1 aromatic rings. The van der Waals surface area contributed by atoms with Gasteiger partial charge >= 0.3 is 5.97 Å². The van der Waals surface area contributed by atoms with E-state index in [1.165, 1.54) is 0 Å². The zero-order chi connectivity index (χ0) is 12.6. The van der Waals surface area contributed by atoms with Gasteiger partial charge < -0.3 is 14.6 Å². The van der Waals surface area contributed by atoms with Crippen molar-refractivity contribution in [2.45, 2.75) is 25.7 Å². The van der Waals surface area contributed by atoms with Gasteiger partial charge in [-0.1, -0.05) is 19.9 Å². The second-order valence-corrected chi connectivity index (χ2v) is 5.47. The highest BCUT2D eigenvalue weighted by atomic mass is 79.9. The van der Waals surface area contributed by atoms with Crippen LogP contribution in [0, 0.1) is 0 Å². The quantitative estimate of drug-likeness (QED) is 0.932. The zero-order valence-corrected chi connectivity index (χ0v) is 11.2. The Balaban J connectivity index is 2.46. The van der Waals surface area contributed by atoms with E-state index in [1.807, 2.05) is 26.0 Å². The lowest BCUT2D eigenvalue weighted by atomic mass is 9.81. The molecule has 0 fully saturated rings. The molecule has 0 amide bonds. The van der Waals surface area contributed by atoms with Gasteiger partial charge in [0, 0.05) is 11.0 Å². The van der Waals surface area contributed by atoms with Gasteiger partial charge in [0.15, 0.2) is 11.5 Å². The smallest absolute Gasteiger partial charge is 0.304 e. The lowest BCUT2D eigenvalue weighted by molar-refractivity contribution is -0.138. The van der Waals surface area contributed by atoms with E-state index in [4.69, 9.17) is 14.6 Å². The minimum atomic E-state index is -0.828. The standard InChI is InChI=1S/C12H13BrO4/c1-12(2,5-9(14)15)7-3-4-8(13)11-10(7)16-6-17-11/h3-4H,5-6H2,1-2H3,(H,14,15). The molecule has 5 heteroatoms. The maximum absolute atomic E-state index is 10.9. The van der Waals surface area contributed by atoms with E-state index in [1.54, 1.807) is 0 Å². The average molecular weight is 301 g/mol. The Morgan fingerprint density at radius 3 is 2.71 bits per heavy atom. The Kier molecular flexibility index (Phi) is 3.03. The third-order valence-electron chi connectivity index (χ3n) is 2.79. The summed E-state index contributed by atoms with van der Waals surface area (Å²) in [5, 5.41) is 8.93. The van der Waals surface area contributed by atoms with E-state index >= 15 is 0 Å². The lowest BCUT2D eigenvalue weighted by Gasteiger charge is -2.24. The Bertz CT molecular complexity index is 468. The van der Waals surface area contributed by atoms with Crippen molar-refractivity contribution in [3.63, 3.8) is 0 Å². The van der Waals surface area contributed by atoms with Crippen molar-refractivity contribution >= 4 is 21.9 Å². The molecule has 0 aliphatic carbocycles. The van der Waals surface area contributed by atoms with E-state index in [2.05, 4.69) is 15.9 Å². The predicted molar refractivity (Wildman–Crippen MR) is 65.5 cm³/mol. The van der Waals surface area contributed by atoms with Crippen LogP contribution >= 0.6 is 15.9 Å². The average Bonchev–Trinajstić information content (AvgIpc) is 2.64. The molecule has 1 aromatic carbocycles. The first-order chi connectivity index (χ1) is 7.92. The summed E-state index contributed by atoms with van der Waals surface area (Å²) in [5.74, 6) is 0.470. The molecule has 0 saturated heterocycles. The number of halogens is 1. The maximum atomic E-state index is 10.9. The number of hydrogen-bond acceptors (Lipinski definition) is 3. The Morgan fingerprint density at radius 1 is 1.41 bits per heavy atom. The van der Waals surface area contributed by atoms with Gasteiger partial charge in [0.1, 0.15) is 0 Å². The summed E-state index contributed by atoms with van der Waals surface area (Å²) in [6, 6.07) is 3.73. The summed E-state index contributed by atoms with van der Waals surface area (Å²) >= 11 is 3.38. The number of hydrogen-bond donors (Lipinski definition) is 1. The number of aliphatic carboxylic acids is 1. The number of carboxylic acid groups (broad SMARTS) is 1. The number of ether oxygens (including phenoxy) is 2. The van der Waals surface area contributed by atoms with Gasteiger partial charge in [-0.25, -0.2) is 0 Å². The molecule has 0 saturated carbocycles. The SMILES string of the molecule is CC(C)(CC(=O)O)c1ccc(Br)c2c1OCO2. The monoisotopic (exact) mass is 300 g/mol. The fourth-order valence-electron chi connectivity index (χ4n) is 1.97. The van der Waals surface area contributed by atoms with Crippen LogP contribution in [0.3, 0.4) is 0 Å². The highest BCUT2D eigenvalue weighted by Gasteiger charge is 2.32. The van der Waals surface area contributed by atoms with Crippen molar-refractivity contribution in [3.8, 4) is 11.5 Å². The summed E-state index contributed by atoms with van der Waals surface area (Å²) in [5.41, 5.74) is 0.361. The fourth-order valence-corrected chi connectivity index (χ4v) is 2.40. The lowest BCUT2D eigenvalue weighted by Crippen LogP contribution is -2.22. The minimum Gasteiger partial charge on any atom is -0.481 e. The first-order valence-corrected chi connectivity index (χ1v) is 6.01. The third-order valence-corrected chi connectivity index (χ3v) is 3.42. The number of fused-ring (bicyclic) bond motifs is 1. The molecule has 0 unspecified atom stereocenters. The molecule has 1 N–H and O–H groups in total. The second-order valence-electron chi connectivity index (χ2n) is 4.61. The molecule has 0 aromatic heterocycles. The van der Waals surface area contributed by atoms with Crippen molar-refractivity contribution in [3.05, 3.63) is 22.2 Å².